The van der Waals surface area contributed by atoms with E-state index in [1.165, 1.54) is 27.0 Å². The molecule has 0 fully saturated rings. The van der Waals surface area contributed by atoms with Crippen molar-refractivity contribution in [1.29, 1.82) is 0 Å². The van der Waals surface area contributed by atoms with E-state index in [1.807, 2.05) is 0 Å². The Morgan fingerprint density at radius 3 is 1.63 bits per heavy atom. The maximum atomic E-state index is 10.9. The second-order valence-electron chi connectivity index (χ2n) is 5.91. The summed E-state index contributed by atoms with van der Waals surface area (Å²) in [5.41, 5.74) is 0.416. The highest BCUT2D eigenvalue weighted by Crippen LogP contribution is 2.02. The van der Waals surface area contributed by atoms with Gasteiger partial charge in [-0.2, -0.15) is 0 Å². The van der Waals surface area contributed by atoms with Gasteiger partial charge in [0.05, 0.1) is 20.3 Å². The Hall–Kier alpha value is -3.30. The van der Waals surface area contributed by atoms with Crippen LogP contribution in [0.1, 0.15) is 46.5 Å². The van der Waals surface area contributed by atoms with Crippen LogP contribution in [0.15, 0.2) is 23.8 Å². The van der Waals surface area contributed by atoms with Gasteiger partial charge in [0.2, 0.25) is 0 Å². The minimum absolute atomic E-state index is 0.0158. The van der Waals surface area contributed by atoms with Crippen molar-refractivity contribution in [3.63, 3.8) is 0 Å². The van der Waals surface area contributed by atoms with Gasteiger partial charge in [-0.05, 0) is 20.8 Å². The first-order chi connectivity index (χ1) is 13.9. The largest absolute Gasteiger partial charge is 0.478 e. The third-order valence-corrected chi connectivity index (χ3v) is 3.19. The molecule has 0 aromatic carbocycles. The van der Waals surface area contributed by atoms with Crippen molar-refractivity contribution < 1.29 is 48.1 Å². The summed E-state index contributed by atoms with van der Waals surface area (Å²) in [4.78, 5) is 64.2. The normalized spacial score (nSPS) is 10.1. The minimum atomic E-state index is -1.03. The molecule has 0 aromatic heterocycles. The number of carbonyl (C=O) groups is 6. The van der Waals surface area contributed by atoms with Gasteiger partial charge in [-0.3, -0.25) is 19.2 Å². The summed E-state index contributed by atoms with van der Waals surface area (Å²) in [6.45, 7) is 7.65. The fraction of sp³-hybridized carbons (Fsp3) is 0.500. The van der Waals surface area contributed by atoms with Crippen LogP contribution in [0.5, 0.6) is 0 Å². The smallest absolute Gasteiger partial charge is 0.333 e. The van der Waals surface area contributed by atoms with Crippen molar-refractivity contribution in [2.24, 2.45) is 0 Å². The third kappa shape index (κ3) is 16.8. The highest BCUT2D eigenvalue weighted by atomic mass is 16.5. The topological polar surface area (TPSA) is 150 Å². The summed E-state index contributed by atoms with van der Waals surface area (Å²) in [5, 5.41) is 8.62. The van der Waals surface area contributed by atoms with Gasteiger partial charge in [0, 0.05) is 24.0 Å². The van der Waals surface area contributed by atoms with Gasteiger partial charge in [-0.1, -0.05) is 12.7 Å². The molecular weight excluding hydrogens is 400 g/mol. The van der Waals surface area contributed by atoms with E-state index < -0.39 is 23.9 Å². The van der Waals surface area contributed by atoms with E-state index in [9.17, 15) is 28.8 Å². The maximum absolute atomic E-state index is 10.9. The number of Topliss-reactive ketones (excluding diaryl/α,β-unsaturated/α-hetero) is 2. The molecule has 10 heteroatoms. The summed E-state index contributed by atoms with van der Waals surface area (Å²) < 4.78 is 13.8. The highest BCUT2D eigenvalue weighted by Gasteiger charge is 2.10. The summed E-state index contributed by atoms with van der Waals surface area (Å²) in [6, 6.07) is 0. The number of carboxylic acid groups (broad SMARTS) is 1. The van der Waals surface area contributed by atoms with Crippen molar-refractivity contribution in [3.8, 4) is 0 Å². The number of aliphatic carboxylic acids is 1. The molecule has 0 heterocycles. The van der Waals surface area contributed by atoms with Crippen LogP contribution in [0.3, 0.4) is 0 Å². The number of esters is 3. The summed E-state index contributed by atoms with van der Waals surface area (Å²) >= 11 is 0. The van der Waals surface area contributed by atoms with Crippen molar-refractivity contribution >= 4 is 35.4 Å². The van der Waals surface area contributed by atoms with Gasteiger partial charge in [0.25, 0.3) is 0 Å². The van der Waals surface area contributed by atoms with Crippen LogP contribution in [0.25, 0.3) is 0 Å². The van der Waals surface area contributed by atoms with E-state index in [1.54, 1.807) is 6.92 Å². The van der Waals surface area contributed by atoms with E-state index >= 15 is 0 Å². The molecule has 168 valence electrons. The van der Waals surface area contributed by atoms with E-state index in [4.69, 9.17) is 5.11 Å². The monoisotopic (exact) mass is 428 g/mol. The zero-order chi connectivity index (χ0) is 23.7. The average Bonchev–Trinajstić information content (AvgIpc) is 2.63. The van der Waals surface area contributed by atoms with Crippen LogP contribution in [0.2, 0.25) is 0 Å². The first-order valence-electron chi connectivity index (χ1n) is 8.89. The van der Waals surface area contributed by atoms with Gasteiger partial charge in [-0.25, -0.2) is 9.59 Å². The number of hydrogen-bond donors (Lipinski definition) is 1. The SMILES string of the molecule is C=C(CCOC(=O)CC(C)=O)C(=O)OC.CC=C(CCOC(=O)CC(C)=O)C(=O)O. The van der Waals surface area contributed by atoms with Crippen LogP contribution < -0.4 is 0 Å². The summed E-state index contributed by atoms with van der Waals surface area (Å²) in [6.07, 6.45) is 1.29. The summed E-state index contributed by atoms with van der Waals surface area (Å²) in [7, 11) is 1.25. The number of allylic oxidation sites excluding steroid dienone is 1. The Kier molecular flexibility index (Phi) is 16.0. The molecule has 0 bridgehead atoms. The van der Waals surface area contributed by atoms with Crippen LogP contribution in [0.4, 0.5) is 0 Å². The van der Waals surface area contributed by atoms with E-state index in [0.717, 1.165) is 0 Å². The Morgan fingerprint density at radius 2 is 1.30 bits per heavy atom. The standard InChI is InChI=1S/2C10H14O5/c1-7(10(13)14-3)4-5-15-9(12)6-8(2)11;1-3-8(10(13)14)4-5-15-9(12)6-7(2)11/h1,4-6H2,2-3H3;3H,4-6H2,1-2H3,(H,13,14). The lowest BCUT2D eigenvalue weighted by atomic mass is 10.2. The molecule has 10 nitrogen and oxygen atoms in total. The predicted molar refractivity (Wildman–Crippen MR) is 104 cm³/mol. The molecule has 0 atom stereocenters. The van der Waals surface area contributed by atoms with Gasteiger partial charge < -0.3 is 19.3 Å². The fourth-order valence-corrected chi connectivity index (χ4v) is 1.69. The first-order valence-corrected chi connectivity index (χ1v) is 8.89. The van der Waals surface area contributed by atoms with Crippen molar-refractivity contribution in [3.05, 3.63) is 23.8 Å². The molecule has 0 aliphatic rings. The number of carboxylic acids is 1. The number of rotatable bonds is 12. The number of hydrogen-bond acceptors (Lipinski definition) is 9. The maximum Gasteiger partial charge on any atom is 0.333 e. The van der Waals surface area contributed by atoms with Crippen LogP contribution >= 0.6 is 0 Å². The van der Waals surface area contributed by atoms with E-state index in [0.29, 0.717) is 0 Å². The molecule has 0 saturated heterocycles. The molecule has 0 amide bonds. The molecule has 0 saturated carbocycles. The molecule has 0 spiro atoms. The Labute approximate surface area is 174 Å². The second kappa shape index (κ2) is 16.6. The molecular formula is C20H28O10. The fourth-order valence-electron chi connectivity index (χ4n) is 1.69. The molecule has 0 aliphatic carbocycles. The zero-order valence-electron chi connectivity index (χ0n) is 17.6. The number of methoxy groups -OCH3 is 1. The Morgan fingerprint density at radius 1 is 0.867 bits per heavy atom. The van der Waals surface area contributed by atoms with Crippen molar-refractivity contribution in [1.82, 2.24) is 0 Å². The molecule has 0 radical (unpaired) electrons. The summed E-state index contributed by atoms with van der Waals surface area (Å²) in [5.74, 6) is -3.31. The number of ketones is 2. The molecule has 1 N–H and O–H groups in total. The first kappa shape index (κ1) is 28.9. The number of ether oxygens (including phenoxy) is 3. The third-order valence-electron chi connectivity index (χ3n) is 3.19. The van der Waals surface area contributed by atoms with Crippen LogP contribution in [-0.4, -0.2) is 60.9 Å². The van der Waals surface area contributed by atoms with E-state index in [-0.39, 0.29) is 61.6 Å². The van der Waals surface area contributed by atoms with Gasteiger partial charge in [0.1, 0.15) is 24.4 Å². The van der Waals surface area contributed by atoms with Crippen LogP contribution in [-0.2, 0) is 43.0 Å². The molecule has 0 unspecified atom stereocenters. The van der Waals surface area contributed by atoms with Crippen LogP contribution in [0, 0.1) is 0 Å². The molecule has 0 rings (SSSR count). The highest BCUT2D eigenvalue weighted by molar-refractivity contribution is 5.94. The Bertz CT molecular complexity index is 688. The Balaban J connectivity index is 0. The lowest BCUT2D eigenvalue weighted by Crippen LogP contribution is -2.12. The second-order valence-corrected chi connectivity index (χ2v) is 5.91. The number of carbonyl (C=O) groups excluding carboxylic acids is 5. The van der Waals surface area contributed by atoms with Gasteiger partial charge >= 0.3 is 23.9 Å². The zero-order valence-corrected chi connectivity index (χ0v) is 17.6. The average molecular weight is 428 g/mol. The quantitative estimate of drug-likeness (QED) is 0.210. The molecule has 0 aromatic rings. The van der Waals surface area contributed by atoms with E-state index in [2.05, 4.69) is 20.8 Å². The minimum Gasteiger partial charge on any atom is -0.478 e. The van der Waals surface area contributed by atoms with Gasteiger partial charge in [-0.15, -0.1) is 0 Å². The molecule has 0 aliphatic heterocycles. The van der Waals surface area contributed by atoms with Crippen molar-refractivity contribution in [2.45, 2.75) is 46.5 Å². The molecule has 30 heavy (non-hydrogen) atoms. The predicted octanol–water partition coefficient (Wildman–Crippen LogP) is 1.56. The van der Waals surface area contributed by atoms with Crippen molar-refractivity contribution in [2.75, 3.05) is 20.3 Å². The lowest BCUT2D eigenvalue weighted by Gasteiger charge is -2.04. The lowest BCUT2D eigenvalue weighted by molar-refractivity contribution is -0.147. The van der Waals surface area contributed by atoms with Gasteiger partial charge in [0.15, 0.2) is 0 Å².